The number of aryl methyl sites for hydroxylation is 1. The zero-order valence-corrected chi connectivity index (χ0v) is 11.1. The van der Waals surface area contributed by atoms with Crippen LogP contribution in [0.25, 0.3) is 0 Å². The molecular formula is C16H17NO2. The fourth-order valence-corrected chi connectivity index (χ4v) is 1.88. The number of ether oxygens (including phenoxy) is 1. The number of anilines is 1. The van der Waals surface area contributed by atoms with Gasteiger partial charge in [0.1, 0.15) is 0 Å². The molecule has 0 saturated carbocycles. The van der Waals surface area contributed by atoms with Crippen LogP contribution in [-0.2, 0) is 11.3 Å². The molecule has 3 heteroatoms. The molecule has 0 aliphatic rings. The Labute approximate surface area is 113 Å². The van der Waals surface area contributed by atoms with Crippen LogP contribution in [0, 0.1) is 6.92 Å². The van der Waals surface area contributed by atoms with E-state index in [1.807, 2.05) is 55.5 Å². The quantitative estimate of drug-likeness (QED) is 0.851. The molecule has 0 heterocycles. The largest absolute Gasteiger partial charge is 0.465 e. The minimum Gasteiger partial charge on any atom is -0.465 e. The van der Waals surface area contributed by atoms with Crippen LogP contribution in [0.2, 0.25) is 0 Å². The second kappa shape index (κ2) is 6.05. The molecule has 2 aromatic rings. The Morgan fingerprint density at radius 2 is 1.89 bits per heavy atom. The standard InChI is InChI=1S/C16H17NO2/c1-12-8-9-15(14(10-12)16(18)19-2)17-11-13-6-4-3-5-7-13/h3-10,17H,11H2,1-2H3. The molecule has 2 rings (SSSR count). The summed E-state index contributed by atoms with van der Waals surface area (Å²) >= 11 is 0. The zero-order chi connectivity index (χ0) is 13.7. The molecule has 2 aromatic carbocycles. The molecular weight excluding hydrogens is 238 g/mol. The normalized spacial score (nSPS) is 10.0. The summed E-state index contributed by atoms with van der Waals surface area (Å²) in [7, 11) is 1.39. The Kier molecular flexibility index (Phi) is 4.18. The molecule has 0 saturated heterocycles. The second-order valence-electron chi connectivity index (χ2n) is 4.38. The second-order valence-corrected chi connectivity index (χ2v) is 4.38. The Bertz CT molecular complexity index is 564. The Morgan fingerprint density at radius 3 is 2.58 bits per heavy atom. The van der Waals surface area contributed by atoms with Gasteiger partial charge in [0, 0.05) is 12.2 Å². The number of esters is 1. The van der Waals surface area contributed by atoms with Crippen LogP contribution in [0.5, 0.6) is 0 Å². The molecule has 3 nitrogen and oxygen atoms in total. The predicted molar refractivity (Wildman–Crippen MR) is 76.3 cm³/mol. The van der Waals surface area contributed by atoms with E-state index in [-0.39, 0.29) is 5.97 Å². The highest BCUT2D eigenvalue weighted by atomic mass is 16.5. The molecule has 19 heavy (non-hydrogen) atoms. The summed E-state index contributed by atoms with van der Waals surface area (Å²) in [4.78, 5) is 11.7. The Morgan fingerprint density at radius 1 is 1.16 bits per heavy atom. The highest BCUT2D eigenvalue weighted by molar-refractivity contribution is 5.95. The van der Waals surface area contributed by atoms with E-state index < -0.39 is 0 Å². The van der Waals surface area contributed by atoms with E-state index in [1.54, 1.807) is 0 Å². The lowest BCUT2D eigenvalue weighted by Crippen LogP contribution is -2.08. The molecule has 0 aliphatic carbocycles. The topological polar surface area (TPSA) is 38.3 Å². The van der Waals surface area contributed by atoms with Crippen LogP contribution < -0.4 is 5.32 Å². The summed E-state index contributed by atoms with van der Waals surface area (Å²) in [6.45, 7) is 2.63. The van der Waals surface area contributed by atoms with Crippen molar-refractivity contribution in [2.45, 2.75) is 13.5 Å². The Balaban J connectivity index is 2.18. The molecule has 0 radical (unpaired) electrons. The summed E-state index contributed by atoms with van der Waals surface area (Å²) in [6, 6.07) is 15.8. The third-order valence-electron chi connectivity index (χ3n) is 2.91. The summed E-state index contributed by atoms with van der Waals surface area (Å²) in [5, 5.41) is 3.27. The van der Waals surface area contributed by atoms with Crippen molar-refractivity contribution < 1.29 is 9.53 Å². The molecule has 0 unspecified atom stereocenters. The first-order chi connectivity index (χ1) is 9.20. The molecule has 0 amide bonds. The van der Waals surface area contributed by atoms with Crippen molar-refractivity contribution in [1.82, 2.24) is 0 Å². The third-order valence-corrected chi connectivity index (χ3v) is 2.91. The van der Waals surface area contributed by atoms with Gasteiger partial charge in [-0.2, -0.15) is 0 Å². The highest BCUT2D eigenvalue weighted by Gasteiger charge is 2.11. The molecule has 0 bridgehead atoms. The lowest BCUT2D eigenvalue weighted by molar-refractivity contribution is 0.0601. The first-order valence-electron chi connectivity index (χ1n) is 6.17. The zero-order valence-electron chi connectivity index (χ0n) is 11.1. The van der Waals surface area contributed by atoms with E-state index in [4.69, 9.17) is 4.74 Å². The minimum absolute atomic E-state index is 0.320. The van der Waals surface area contributed by atoms with E-state index in [1.165, 1.54) is 12.7 Å². The van der Waals surface area contributed by atoms with Crippen molar-refractivity contribution in [3.8, 4) is 0 Å². The van der Waals surface area contributed by atoms with Crippen molar-refractivity contribution in [2.24, 2.45) is 0 Å². The lowest BCUT2D eigenvalue weighted by atomic mass is 10.1. The average Bonchev–Trinajstić information content (AvgIpc) is 2.46. The van der Waals surface area contributed by atoms with Crippen molar-refractivity contribution in [2.75, 3.05) is 12.4 Å². The van der Waals surface area contributed by atoms with Crippen LogP contribution in [-0.4, -0.2) is 13.1 Å². The lowest BCUT2D eigenvalue weighted by Gasteiger charge is -2.11. The highest BCUT2D eigenvalue weighted by Crippen LogP contribution is 2.19. The van der Waals surface area contributed by atoms with Gasteiger partial charge in [-0.3, -0.25) is 0 Å². The molecule has 0 fully saturated rings. The van der Waals surface area contributed by atoms with E-state index >= 15 is 0 Å². The van der Waals surface area contributed by atoms with Crippen LogP contribution in [0.15, 0.2) is 48.5 Å². The molecule has 0 aromatic heterocycles. The summed E-state index contributed by atoms with van der Waals surface area (Å²) in [5.41, 5.74) is 3.56. The average molecular weight is 255 g/mol. The molecule has 0 spiro atoms. The Hall–Kier alpha value is -2.29. The van der Waals surface area contributed by atoms with Gasteiger partial charge in [0.2, 0.25) is 0 Å². The van der Waals surface area contributed by atoms with Crippen LogP contribution >= 0.6 is 0 Å². The maximum Gasteiger partial charge on any atom is 0.339 e. The van der Waals surface area contributed by atoms with Crippen LogP contribution in [0.3, 0.4) is 0 Å². The van der Waals surface area contributed by atoms with Crippen LogP contribution in [0.4, 0.5) is 5.69 Å². The number of carbonyl (C=O) groups is 1. The summed E-state index contributed by atoms with van der Waals surface area (Å²) in [5.74, 6) is -0.320. The number of nitrogens with one attached hydrogen (secondary N) is 1. The number of hydrogen-bond donors (Lipinski definition) is 1. The first kappa shape index (κ1) is 13.1. The molecule has 98 valence electrons. The number of carbonyl (C=O) groups excluding carboxylic acids is 1. The van der Waals surface area contributed by atoms with Gasteiger partial charge < -0.3 is 10.1 Å². The van der Waals surface area contributed by atoms with E-state index in [2.05, 4.69) is 5.32 Å². The van der Waals surface area contributed by atoms with Gasteiger partial charge in [-0.15, -0.1) is 0 Å². The number of hydrogen-bond acceptors (Lipinski definition) is 3. The van der Waals surface area contributed by atoms with Gasteiger partial charge in [0.05, 0.1) is 12.7 Å². The number of rotatable bonds is 4. The monoisotopic (exact) mass is 255 g/mol. The van der Waals surface area contributed by atoms with Gasteiger partial charge in [-0.1, -0.05) is 42.0 Å². The van der Waals surface area contributed by atoms with Crippen LogP contribution in [0.1, 0.15) is 21.5 Å². The fourth-order valence-electron chi connectivity index (χ4n) is 1.88. The van der Waals surface area contributed by atoms with Gasteiger partial charge in [0.15, 0.2) is 0 Å². The first-order valence-corrected chi connectivity index (χ1v) is 6.17. The fraction of sp³-hybridized carbons (Fsp3) is 0.188. The van der Waals surface area contributed by atoms with E-state index in [0.29, 0.717) is 12.1 Å². The molecule has 0 atom stereocenters. The van der Waals surface area contributed by atoms with Crippen molar-refractivity contribution in [3.63, 3.8) is 0 Å². The summed E-state index contributed by atoms with van der Waals surface area (Å²) in [6.07, 6.45) is 0. The van der Waals surface area contributed by atoms with Gasteiger partial charge in [-0.25, -0.2) is 4.79 Å². The third kappa shape index (κ3) is 3.35. The molecule has 0 aliphatic heterocycles. The van der Waals surface area contributed by atoms with E-state index in [9.17, 15) is 4.79 Å². The van der Waals surface area contributed by atoms with Gasteiger partial charge in [0.25, 0.3) is 0 Å². The minimum atomic E-state index is -0.320. The van der Waals surface area contributed by atoms with E-state index in [0.717, 1.165) is 11.3 Å². The SMILES string of the molecule is COC(=O)c1cc(C)ccc1NCc1ccccc1. The van der Waals surface area contributed by atoms with Gasteiger partial charge in [-0.05, 0) is 24.6 Å². The maximum atomic E-state index is 11.7. The van der Waals surface area contributed by atoms with Crippen molar-refractivity contribution in [1.29, 1.82) is 0 Å². The van der Waals surface area contributed by atoms with Crippen molar-refractivity contribution >= 4 is 11.7 Å². The molecule has 1 N–H and O–H groups in total. The summed E-state index contributed by atoms with van der Waals surface area (Å²) < 4.78 is 4.81. The van der Waals surface area contributed by atoms with Crippen molar-refractivity contribution in [3.05, 3.63) is 65.2 Å². The maximum absolute atomic E-state index is 11.7. The number of benzene rings is 2. The predicted octanol–water partition coefficient (Wildman–Crippen LogP) is 3.39. The number of methoxy groups -OCH3 is 1. The smallest absolute Gasteiger partial charge is 0.339 e. The van der Waals surface area contributed by atoms with Gasteiger partial charge >= 0.3 is 5.97 Å².